The van der Waals surface area contributed by atoms with E-state index >= 15 is 0 Å². The molecule has 1 aromatic rings. The zero-order chi connectivity index (χ0) is 16.2. The van der Waals surface area contributed by atoms with E-state index in [1.54, 1.807) is 18.2 Å². The molecule has 0 aromatic heterocycles. The van der Waals surface area contributed by atoms with Crippen LogP contribution < -0.4 is 10.5 Å². The molecule has 0 spiro atoms. The lowest BCUT2D eigenvalue weighted by Crippen LogP contribution is -2.10. The largest absolute Gasteiger partial charge is 0.312 e. The van der Waals surface area contributed by atoms with Crippen molar-refractivity contribution in [1.29, 1.82) is 5.26 Å². The molecule has 0 radical (unpaired) electrons. The monoisotopic (exact) mass is 306 g/mol. The molecule has 1 aliphatic rings. The summed E-state index contributed by atoms with van der Waals surface area (Å²) in [5.41, 5.74) is 3.11. The molecule has 23 heavy (non-hydrogen) atoms. The van der Waals surface area contributed by atoms with E-state index in [0.717, 1.165) is 5.56 Å². The van der Waals surface area contributed by atoms with E-state index in [9.17, 15) is 0 Å². The quantitative estimate of drug-likeness (QED) is 0.735. The van der Waals surface area contributed by atoms with Crippen molar-refractivity contribution in [3.63, 3.8) is 0 Å². The molecule has 6 nitrogen and oxygen atoms in total. The van der Waals surface area contributed by atoms with Crippen molar-refractivity contribution in [2.45, 2.75) is 0 Å². The molecule has 114 valence electrons. The lowest BCUT2D eigenvalue weighted by molar-refractivity contribution is -0.259. The Kier molecular flexibility index (Phi) is 6.59. The number of rotatable bonds is 0. The van der Waals surface area contributed by atoms with Crippen LogP contribution in [0.5, 0.6) is 5.75 Å². The summed E-state index contributed by atoms with van der Waals surface area (Å²) in [6.07, 6.45) is 16.2. The van der Waals surface area contributed by atoms with Crippen molar-refractivity contribution < 1.29 is 9.88 Å². The van der Waals surface area contributed by atoms with Crippen molar-refractivity contribution in [2.75, 3.05) is 0 Å². The molecule has 1 aromatic carbocycles. The van der Waals surface area contributed by atoms with Gasteiger partial charge in [-0.25, -0.2) is 0 Å². The molecule has 0 bridgehead atoms. The number of nitriles is 1. The van der Waals surface area contributed by atoms with E-state index in [2.05, 4.69) is 15.9 Å². The minimum atomic E-state index is 0.118. The number of allylic oxidation sites excluding steroid dienone is 9. The van der Waals surface area contributed by atoms with Crippen LogP contribution in [0.15, 0.2) is 88.9 Å². The highest BCUT2D eigenvalue weighted by atomic mass is 17.3. The number of para-hydroxylation sites is 1. The van der Waals surface area contributed by atoms with Gasteiger partial charge in [-0.1, -0.05) is 66.8 Å². The zero-order valence-electron chi connectivity index (χ0n) is 12.2. The maximum atomic E-state index is 8.90. The molecule has 0 fully saturated rings. The Bertz CT molecular complexity index is 737. The Labute approximate surface area is 133 Å². The predicted octanol–water partition coefficient (Wildman–Crippen LogP) is 3.97. The summed E-state index contributed by atoms with van der Waals surface area (Å²) in [6.45, 7) is 0. The van der Waals surface area contributed by atoms with Gasteiger partial charge in [-0.05, 0) is 22.4 Å². The third-order valence-corrected chi connectivity index (χ3v) is 2.60. The van der Waals surface area contributed by atoms with Crippen LogP contribution in [0.4, 0.5) is 0 Å². The summed E-state index contributed by atoms with van der Waals surface area (Å²) in [5, 5.41) is 16.1. The first-order chi connectivity index (χ1) is 11.4. The summed E-state index contributed by atoms with van der Waals surface area (Å²) in [4.78, 5) is 9.86. The Balaban J connectivity index is 2.20. The molecule has 6 heteroatoms. The number of nitrogens with zero attached hydrogens (tertiary/aromatic N) is 3. The number of hydrogen-bond acceptors (Lipinski definition) is 6. The van der Waals surface area contributed by atoms with E-state index in [0.29, 0.717) is 5.75 Å². The summed E-state index contributed by atoms with van der Waals surface area (Å²) >= 11 is 0. The maximum absolute atomic E-state index is 8.90. The number of benzene rings is 1. The minimum absolute atomic E-state index is 0.118. The molecular formula is C17H14N4O2. The molecule has 0 amide bonds. The second-order valence-corrected chi connectivity index (χ2v) is 4.17. The number of hydrogen-bond donors (Lipinski definition) is 1. The molecule has 0 unspecified atom stereocenters. The molecule has 0 aliphatic carbocycles. The fraction of sp³-hybridized carbons (Fsp3) is 0. The van der Waals surface area contributed by atoms with Crippen LogP contribution in [-0.4, -0.2) is 0 Å². The second-order valence-electron chi connectivity index (χ2n) is 4.17. The second kappa shape index (κ2) is 9.50. The fourth-order valence-electron chi connectivity index (χ4n) is 1.57. The highest BCUT2D eigenvalue weighted by Gasteiger charge is 2.00. The van der Waals surface area contributed by atoms with Gasteiger partial charge in [0.2, 0.25) is 0 Å². The Hall–Kier alpha value is -3.43. The summed E-state index contributed by atoms with van der Waals surface area (Å²) in [5.74, 6) is 0.512. The topological polar surface area (TPSA) is 79.0 Å². The minimum Gasteiger partial charge on any atom is -0.312 e. The van der Waals surface area contributed by atoms with Crippen molar-refractivity contribution in [2.24, 2.45) is 10.3 Å². The summed E-state index contributed by atoms with van der Waals surface area (Å²) in [6, 6.07) is 9.24. The van der Waals surface area contributed by atoms with Gasteiger partial charge in [-0.2, -0.15) is 5.26 Å². The molecule has 0 saturated heterocycles. The molecule has 1 N–H and O–H groups in total. The van der Waals surface area contributed by atoms with E-state index in [1.165, 1.54) is 6.08 Å². The maximum Gasteiger partial charge on any atom is 0.175 e. The lowest BCUT2D eigenvalue weighted by atomic mass is 10.2. The molecular weight excluding hydrogens is 292 g/mol. The number of nitrogens with one attached hydrogen (secondary N) is 1. The first kappa shape index (κ1) is 15.9. The van der Waals surface area contributed by atoms with E-state index < -0.39 is 0 Å². The summed E-state index contributed by atoms with van der Waals surface area (Å²) < 4.78 is 0. The van der Waals surface area contributed by atoms with Gasteiger partial charge in [0.05, 0.1) is 0 Å². The van der Waals surface area contributed by atoms with E-state index in [1.807, 2.05) is 60.7 Å². The fourth-order valence-corrected chi connectivity index (χ4v) is 1.57. The van der Waals surface area contributed by atoms with Gasteiger partial charge in [0.15, 0.2) is 11.4 Å². The highest BCUT2D eigenvalue weighted by Crippen LogP contribution is 2.19. The average molecular weight is 306 g/mol. The van der Waals surface area contributed by atoms with E-state index in [-0.39, 0.29) is 5.70 Å². The highest BCUT2D eigenvalue weighted by molar-refractivity contribution is 5.58. The Morgan fingerprint density at radius 3 is 2.52 bits per heavy atom. The standard InChI is InChI=1S/C17H14N4O2/c18-14-16-12-7-5-3-1-2-4-6-10-15-11-8-9-13-17(15)22-23-21-20-19-16/h1-13H,(H,19,21). The molecule has 0 atom stereocenters. The zero-order valence-corrected chi connectivity index (χ0v) is 12.2. The Morgan fingerprint density at radius 2 is 1.70 bits per heavy atom. The van der Waals surface area contributed by atoms with Crippen molar-refractivity contribution in [3.8, 4) is 11.8 Å². The van der Waals surface area contributed by atoms with Gasteiger partial charge in [0.25, 0.3) is 0 Å². The average Bonchev–Trinajstić information content (AvgIpc) is 2.58. The number of fused-ring (bicyclic) bond motifs is 1. The van der Waals surface area contributed by atoms with Gasteiger partial charge in [-0.3, -0.25) is 0 Å². The van der Waals surface area contributed by atoms with Crippen LogP contribution in [0.1, 0.15) is 5.56 Å². The smallest absolute Gasteiger partial charge is 0.175 e. The normalized spacial score (nSPS) is 14.8. The third-order valence-electron chi connectivity index (χ3n) is 2.60. The predicted molar refractivity (Wildman–Crippen MR) is 86.3 cm³/mol. The van der Waals surface area contributed by atoms with Crippen LogP contribution in [0.3, 0.4) is 0 Å². The molecule has 2 rings (SSSR count). The van der Waals surface area contributed by atoms with Crippen molar-refractivity contribution in [3.05, 3.63) is 84.1 Å². The SMILES string of the molecule is N#CC1=CC=CC=CC=CC=Cc2ccccc2OONN=N1. The van der Waals surface area contributed by atoms with Gasteiger partial charge in [0, 0.05) is 5.56 Å². The van der Waals surface area contributed by atoms with Gasteiger partial charge in [0.1, 0.15) is 6.07 Å². The van der Waals surface area contributed by atoms with Crippen LogP contribution in [0.2, 0.25) is 0 Å². The first-order valence-electron chi connectivity index (χ1n) is 6.77. The van der Waals surface area contributed by atoms with Crippen molar-refractivity contribution >= 4 is 6.08 Å². The van der Waals surface area contributed by atoms with E-state index in [4.69, 9.17) is 15.1 Å². The lowest BCUT2D eigenvalue weighted by Gasteiger charge is -2.04. The van der Waals surface area contributed by atoms with Gasteiger partial charge in [-0.15, -0.1) is 10.7 Å². The van der Waals surface area contributed by atoms with Crippen LogP contribution in [0.25, 0.3) is 6.08 Å². The first-order valence-corrected chi connectivity index (χ1v) is 6.77. The van der Waals surface area contributed by atoms with Crippen molar-refractivity contribution in [1.82, 2.24) is 5.59 Å². The van der Waals surface area contributed by atoms with Gasteiger partial charge < -0.3 is 4.89 Å². The van der Waals surface area contributed by atoms with Crippen LogP contribution >= 0.6 is 0 Å². The molecule has 1 aliphatic heterocycles. The molecule has 0 saturated carbocycles. The summed E-state index contributed by atoms with van der Waals surface area (Å²) in [7, 11) is 0. The third kappa shape index (κ3) is 5.83. The van der Waals surface area contributed by atoms with Crippen LogP contribution in [-0.2, 0) is 4.99 Å². The molecule has 1 heterocycles. The van der Waals surface area contributed by atoms with Gasteiger partial charge >= 0.3 is 0 Å². The Morgan fingerprint density at radius 1 is 0.957 bits per heavy atom. The van der Waals surface area contributed by atoms with Crippen LogP contribution in [0, 0.1) is 11.3 Å².